The molecule has 0 spiro atoms. The highest BCUT2D eigenvalue weighted by Gasteiger charge is 2.55. The summed E-state index contributed by atoms with van der Waals surface area (Å²) in [6.07, 6.45) is 5.09. The molecule has 0 bridgehead atoms. The van der Waals surface area contributed by atoms with Gasteiger partial charge in [-0.15, -0.1) is 0 Å². The molecular weight excluding hydrogens is 811 g/mol. The lowest BCUT2D eigenvalue weighted by molar-refractivity contribution is -0.153. The normalized spacial score (nSPS) is 22.4. The Kier molecular flexibility index (Phi) is 20.6. The van der Waals surface area contributed by atoms with Gasteiger partial charge in [0, 0.05) is 25.2 Å². The minimum atomic E-state index is -3.94. The van der Waals surface area contributed by atoms with Crippen LogP contribution >= 0.6 is 0 Å². The van der Waals surface area contributed by atoms with Crippen LogP contribution in [0.25, 0.3) is 0 Å². The number of carbonyl (C=O) groups excluding carboxylic acids is 2. The second kappa shape index (κ2) is 24.0. The molecule has 2 aliphatic rings. The first-order valence-electron chi connectivity index (χ1n) is 20.5. The number of alkyl carbamates (subject to hydrolysis) is 1. The summed E-state index contributed by atoms with van der Waals surface area (Å²) >= 11 is 0. The van der Waals surface area contributed by atoms with Crippen molar-refractivity contribution < 1.29 is 60.6 Å². The van der Waals surface area contributed by atoms with Crippen molar-refractivity contribution in [2.24, 2.45) is 0 Å². The van der Waals surface area contributed by atoms with E-state index in [-0.39, 0.29) is 51.3 Å². The van der Waals surface area contributed by atoms with Crippen molar-refractivity contribution in [2.45, 2.75) is 160 Å². The van der Waals surface area contributed by atoms with Gasteiger partial charge >= 0.3 is 26.8 Å². The van der Waals surface area contributed by atoms with Gasteiger partial charge in [-0.2, -0.15) is 0 Å². The third kappa shape index (κ3) is 18.4. The van der Waals surface area contributed by atoms with Crippen LogP contribution in [0, 0.1) is 0 Å². The van der Waals surface area contributed by atoms with E-state index in [9.17, 15) is 34.2 Å². The van der Waals surface area contributed by atoms with E-state index >= 15 is 0 Å². The van der Waals surface area contributed by atoms with E-state index in [1.807, 2.05) is 39.3 Å². The number of H-pyrrole nitrogens is 1. The fourth-order valence-corrected chi connectivity index (χ4v) is 15.1. The van der Waals surface area contributed by atoms with Gasteiger partial charge < -0.3 is 51.6 Å². The Balaban J connectivity index is 1.76. The Labute approximate surface area is 344 Å². The third-order valence-electron chi connectivity index (χ3n) is 9.14. The molecule has 1 aliphatic heterocycles. The van der Waals surface area contributed by atoms with Crippen molar-refractivity contribution in [2.75, 3.05) is 33.0 Å². The molecule has 0 aromatic carbocycles. The third-order valence-corrected chi connectivity index (χ3v) is 17.2. The first-order valence-corrected chi connectivity index (χ1v) is 29.0. The summed E-state index contributed by atoms with van der Waals surface area (Å²) in [6, 6.07) is 1.11. The van der Waals surface area contributed by atoms with E-state index in [1.54, 1.807) is 0 Å². The Morgan fingerprint density at radius 2 is 1.50 bits per heavy atom. The van der Waals surface area contributed by atoms with E-state index < -0.39 is 79.6 Å². The van der Waals surface area contributed by atoms with Crippen LogP contribution in [0.15, 0.2) is 21.9 Å². The number of Topliss-reactive ketones (excluding diaryl/α,β-unsaturated/α-hetero) is 1. The van der Waals surface area contributed by atoms with E-state index in [0.717, 1.165) is 49.2 Å². The summed E-state index contributed by atoms with van der Waals surface area (Å²) in [5, 5.41) is 23.4. The number of aliphatic carboxylic acids is 1. The molecular formula is C37H67N3O15Si3. The molecule has 1 saturated heterocycles. The van der Waals surface area contributed by atoms with Crippen LogP contribution < -0.4 is 16.6 Å². The first kappa shape index (κ1) is 49.8. The van der Waals surface area contributed by atoms with Gasteiger partial charge in [-0.05, 0) is 59.0 Å². The fraction of sp³-hybridized carbons (Fsp3) is 0.811. The zero-order chi connectivity index (χ0) is 42.9. The van der Waals surface area contributed by atoms with Gasteiger partial charge in [-0.1, -0.05) is 57.8 Å². The summed E-state index contributed by atoms with van der Waals surface area (Å²) in [7, 11) is -8.70. The van der Waals surface area contributed by atoms with Gasteiger partial charge in [0.2, 0.25) is 0 Å². The number of aliphatic hydroxyl groups excluding tert-OH is 1. The molecule has 21 heteroatoms. The standard InChI is InChI=1S/C37H67N3O15Si3/c1-27(41)25-29(35(44)45)49-24-23-48-22-20-38-37(47)52-33-32(43)30(51-34(33)40-21-19-31(42)39-36(40)46)26-50-58(54-56(2,3)4,55-57(5,6)7)53-28-17-15-13-11-9-8-10-12-14-16-18-28/h19,21,28-30,32-34,43H,8-18,20,22-26H2,1-7H3,(H,38,47)(H,44,45)(H,39,42,46)/t29?,30-,32-,33-,34-/m1/s1. The fourth-order valence-electron chi connectivity index (χ4n) is 6.60. The smallest absolute Gasteiger partial charge is 0.479 e. The molecule has 1 aromatic rings. The van der Waals surface area contributed by atoms with Crippen LogP contribution in [0.4, 0.5) is 4.79 Å². The number of hydrogen-bond donors (Lipinski definition) is 4. The van der Waals surface area contributed by atoms with E-state index in [0.29, 0.717) is 0 Å². The molecule has 58 heavy (non-hydrogen) atoms. The number of carboxylic acids is 1. The van der Waals surface area contributed by atoms with Crippen molar-refractivity contribution in [1.29, 1.82) is 0 Å². The maximum atomic E-state index is 13.0. The van der Waals surface area contributed by atoms with Gasteiger partial charge in [0.1, 0.15) is 18.0 Å². The first-order chi connectivity index (χ1) is 27.3. The maximum Gasteiger partial charge on any atom is 0.658 e. The van der Waals surface area contributed by atoms with Gasteiger partial charge in [0.05, 0.1) is 32.5 Å². The van der Waals surface area contributed by atoms with Crippen LogP contribution in [0.3, 0.4) is 0 Å². The highest BCUT2D eigenvalue weighted by atomic mass is 28.5. The average molecular weight is 878 g/mol. The average Bonchev–Trinajstić information content (AvgIpc) is 3.39. The predicted molar refractivity (Wildman–Crippen MR) is 219 cm³/mol. The number of aliphatic hydroxyl groups is 1. The van der Waals surface area contributed by atoms with Crippen molar-refractivity contribution in [3.8, 4) is 0 Å². The predicted octanol–water partition coefficient (Wildman–Crippen LogP) is 4.20. The monoisotopic (exact) mass is 877 g/mol. The van der Waals surface area contributed by atoms with Crippen molar-refractivity contribution >= 4 is 43.5 Å². The van der Waals surface area contributed by atoms with Crippen molar-refractivity contribution in [3.05, 3.63) is 33.1 Å². The number of carboxylic acid groups (broad SMARTS) is 1. The maximum absolute atomic E-state index is 13.0. The summed E-state index contributed by atoms with van der Waals surface area (Å²) in [5.41, 5.74) is -1.49. The number of nitrogens with one attached hydrogen (secondary N) is 2. The molecule has 2 heterocycles. The van der Waals surface area contributed by atoms with Crippen LogP contribution in [0.1, 0.15) is 90.2 Å². The Morgan fingerprint density at radius 1 is 0.914 bits per heavy atom. The molecule has 5 atom stereocenters. The molecule has 0 radical (unpaired) electrons. The number of ketones is 1. The number of amides is 1. The molecule has 3 rings (SSSR count). The number of hydrogen-bond acceptors (Lipinski definition) is 14. The lowest BCUT2D eigenvalue weighted by atomic mass is 10.00. The highest BCUT2D eigenvalue weighted by molar-refractivity contribution is 6.83. The number of ether oxygens (including phenoxy) is 4. The van der Waals surface area contributed by atoms with Gasteiger partial charge in [-0.25, -0.2) is 14.4 Å². The lowest BCUT2D eigenvalue weighted by Gasteiger charge is -2.40. The lowest BCUT2D eigenvalue weighted by Crippen LogP contribution is -2.61. The molecule has 1 amide bonds. The Morgan fingerprint density at radius 3 is 2.03 bits per heavy atom. The van der Waals surface area contributed by atoms with Crippen molar-refractivity contribution in [1.82, 2.24) is 14.9 Å². The van der Waals surface area contributed by atoms with E-state index in [1.165, 1.54) is 45.2 Å². The summed E-state index contributed by atoms with van der Waals surface area (Å²) in [4.78, 5) is 62.5. The van der Waals surface area contributed by atoms with Gasteiger partial charge in [-0.3, -0.25) is 19.1 Å². The zero-order valence-corrected chi connectivity index (χ0v) is 38.3. The van der Waals surface area contributed by atoms with Crippen LogP contribution in [-0.4, -0.2) is 127 Å². The zero-order valence-electron chi connectivity index (χ0n) is 35.3. The molecule has 2 fully saturated rings. The molecule has 1 saturated carbocycles. The SMILES string of the molecule is CC(=O)CC(OCCOCCNC(=O)O[C@@H]1[C@H](O)[C@@H](CO[Si](OC2CCCCCCCCCCC2)(O[Si](C)(C)C)O[Si](C)(C)C)O[C@H]1n1ccc(=O)[nH]c1=O)C(=O)O. The van der Waals surface area contributed by atoms with Gasteiger partial charge in [0.25, 0.3) is 5.56 Å². The molecule has 332 valence electrons. The largest absolute Gasteiger partial charge is 0.658 e. The quantitative estimate of drug-likeness (QED) is 0.100. The number of aromatic amines is 1. The van der Waals surface area contributed by atoms with E-state index in [4.69, 9.17) is 36.0 Å². The highest BCUT2D eigenvalue weighted by Crippen LogP contribution is 2.34. The molecule has 1 aromatic heterocycles. The minimum Gasteiger partial charge on any atom is -0.479 e. The summed E-state index contributed by atoms with van der Waals surface area (Å²) in [6.45, 7) is 13.0. The Hall–Kier alpha value is -2.58. The van der Waals surface area contributed by atoms with Gasteiger partial charge in [0.15, 0.2) is 35.1 Å². The molecule has 18 nitrogen and oxygen atoms in total. The summed E-state index contributed by atoms with van der Waals surface area (Å²) in [5.74, 6) is -1.59. The van der Waals surface area contributed by atoms with Crippen LogP contribution in [0.5, 0.6) is 0 Å². The summed E-state index contributed by atoms with van der Waals surface area (Å²) < 4.78 is 50.6. The molecule has 1 aliphatic carbocycles. The molecule has 4 N–H and O–H groups in total. The second-order valence-corrected chi connectivity index (χ2v) is 28.4. The number of carbonyl (C=O) groups is 3. The number of rotatable bonds is 21. The second-order valence-electron chi connectivity index (χ2n) is 16.8. The van der Waals surface area contributed by atoms with Crippen LogP contribution in [0.2, 0.25) is 39.3 Å². The molecule has 1 unspecified atom stereocenters. The topological polar surface area (TPSA) is 232 Å². The number of aromatic nitrogens is 2. The Bertz CT molecular complexity index is 1520. The van der Waals surface area contributed by atoms with Crippen molar-refractivity contribution in [3.63, 3.8) is 0 Å². The van der Waals surface area contributed by atoms with Crippen LogP contribution in [-0.2, 0) is 45.6 Å². The van der Waals surface area contributed by atoms with E-state index in [2.05, 4.69) is 10.3 Å². The number of nitrogens with zero attached hydrogens (tertiary/aromatic N) is 1. The minimum absolute atomic E-state index is 0.00616.